The van der Waals surface area contributed by atoms with E-state index in [9.17, 15) is 9.59 Å². The number of amides is 1. The van der Waals surface area contributed by atoms with Gasteiger partial charge in [-0.2, -0.15) is 0 Å². The number of para-hydroxylation sites is 1. The number of nitrogens with one attached hydrogen (secondary N) is 1. The van der Waals surface area contributed by atoms with Crippen LogP contribution >= 0.6 is 0 Å². The molecule has 0 spiro atoms. The van der Waals surface area contributed by atoms with Crippen LogP contribution < -0.4 is 16.6 Å². The van der Waals surface area contributed by atoms with Gasteiger partial charge in [0.2, 0.25) is 0 Å². The highest BCUT2D eigenvalue weighted by Crippen LogP contribution is 2.21. The van der Waals surface area contributed by atoms with Gasteiger partial charge in [-0.05, 0) is 24.6 Å². The zero-order valence-corrected chi connectivity index (χ0v) is 11.5. The predicted octanol–water partition coefficient (Wildman–Crippen LogP) is 1.66. The predicted molar refractivity (Wildman–Crippen MR) is 78.7 cm³/mol. The van der Waals surface area contributed by atoms with Gasteiger partial charge in [0, 0.05) is 36.6 Å². The van der Waals surface area contributed by atoms with Gasteiger partial charge in [0.25, 0.3) is 11.5 Å². The number of nitrogens with two attached hydrogens (primary N) is 1. The first-order valence-corrected chi connectivity index (χ1v) is 6.31. The van der Waals surface area contributed by atoms with Crippen molar-refractivity contribution >= 4 is 11.6 Å². The molecule has 0 bridgehead atoms. The summed E-state index contributed by atoms with van der Waals surface area (Å²) in [5, 5.41) is 2.79. The van der Waals surface area contributed by atoms with Gasteiger partial charge in [-0.25, -0.2) is 0 Å². The summed E-state index contributed by atoms with van der Waals surface area (Å²) < 4.78 is 1.41. The van der Waals surface area contributed by atoms with Gasteiger partial charge in [-0.3, -0.25) is 9.59 Å². The van der Waals surface area contributed by atoms with Crippen molar-refractivity contribution in [2.24, 2.45) is 12.8 Å². The number of aryl methyl sites for hydroxylation is 1. The first-order chi connectivity index (χ1) is 9.49. The second-order valence-electron chi connectivity index (χ2n) is 4.69. The molecule has 1 atom stereocenters. The van der Waals surface area contributed by atoms with Gasteiger partial charge in [0.05, 0.1) is 0 Å². The fourth-order valence-electron chi connectivity index (χ4n) is 1.89. The van der Waals surface area contributed by atoms with Gasteiger partial charge < -0.3 is 15.6 Å². The third-order valence-electron chi connectivity index (χ3n) is 3.07. The lowest BCUT2D eigenvalue weighted by molar-refractivity contribution is 0.102. The zero-order valence-electron chi connectivity index (χ0n) is 11.5. The van der Waals surface area contributed by atoms with Crippen LogP contribution in [0.3, 0.4) is 0 Å². The Hall–Kier alpha value is -2.40. The maximum atomic E-state index is 12.2. The molecular weight excluding hydrogens is 254 g/mol. The molecule has 2 rings (SSSR count). The molecule has 1 aromatic heterocycles. The van der Waals surface area contributed by atoms with Gasteiger partial charge in [-0.15, -0.1) is 0 Å². The van der Waals surface area contributed by atoms with E-state index in [1.165, 1.54) is 10.6 Å². The highest BCUT2D eigenvalue weighted by molar-refractivity contribution is 6.04. The van der Waals surface area contributed by atoms with E-state index < -0.39 is 0 Å². The summed E-state index contributed by atoms with van der Waals surface area (Å²) in [6.45, 7) is 1.85. The van der Waals surface area contributed by atoms with Crippen LogP contribution in [0.25, 0.3) is 0 Å². The van der Waals surface area contributed by atoms with E-state index in [4.69, 9.17) is 5.73 Å². The van der Waals surface area contributed by atoms with Crippen molar-refractivity contribution in [3.63, 3.8) is 0 Å². The second kappa shape index (κ2) is 5.71. The molecule has 1 amide bonds. The normalized spacial score (nSPS) is 11.9. The van der Waals surface area contributed by atoms with Crippen LogP contribution in [0.15, 0.2) is 47.4 Å². The summed E-state index contributed by atoms with van der Waals surface area (Å²) in [7, 11) is 1.63. The molecule has 0 fully saturated rings. The van der Waals surface area contributed by atoms with Crippen LogP contribution in [0.5, 0.6) is 0 Å². The van der Waals surface area contributed by atoms with E-state index in [-0.39, 0.29) is 17.5 Å². The SMILES string of the molecule is CC(N)c1ccccc1NC(=O)c1ccn(C)c(=O)c1. The van der Waals surface area contributed by atoms with E-state index in [1.54, 1.807) is 25.4 Å². The number of pyridine rings is 1. The molecule has 5 nitrogen and oxygen atoms in total. The quantitative estimate of drug-likeness (QED) is 0.891. The first-order valence-electron chi connectivity index (χ1n) is 6.31. The Labute approximate surface area is 117 Å². The van der Waals surface area contributed by atoms with E-state index in [0.717, 1.165) is 5.56 Å². The average molecular weight is 271 g/mol. The van der Waals surface area contributed by atoms with Crippen molar-refractivity contribution < 1.29 is 4.79 Å². The van der Waals surface area contributed by atoms with E-state index >= 15 is 0 Å². The first kappa shape index (κ1) is 14.0. The summed E-state index contributed by atoms with van der Waals surface area (Å²) in [6, 6.07) is 10.1. The highest BCUT2D eigenvalue weighted by atomic mass is 16.2. The number of rotatable bonds is 3. The molecule has 1 unspecified atom stereocenters. The molecule has 0 saturated carbocycles. The van der Waals surface area contributed by atoms with Crippen LogP contribution in [-0.2, 0) is 7.05 Å². The van der Waals surface area contributed by atoms with Crippen LogP contribution in [0.2, 0.25) is 0 Å². The third-order valence-corrected chi connectivity index (χ3v) is 3.07. The van der Waals surface area contributed by atoms with Gasteiger partial charge >= 0.3 is 0 Å². The van der Waals surface area contributed by atoms with Gasteiger partial charge in [0.15, 0.2) is 0 Å². The highest BCUT2D eigenvalue weighted by Gasteiger charge is 2.11. The topological polar surface area (TPSA) is 77.1 Å². The third kappa shape index (κ3) is 2.95. The van der Waals surface area contributed by atoms with E-state index in [2.05, 4.69) is 5.32 Å². The van der Waals surface area contributed by atoms with Crippen molar-refractivity contribution in [1.82, 2.24) is 4.57 Å². The van der Waals surface area contributed by atoms with Crippen LogP contribution in [0.1, 0.15) is 28.9 Å². The molecule has 0 saturated heterocycles. The summed E-state index contributed by atoms with van der Waals surface area (Å²) in [4.78, 5) is 23.7. The lowest BCUT2D eigenvalue weighted by Crippen LogP contribution is -2.21. The Morgan fingerprint density at radius 1 is 1.30 bits per heavy atom. The molecule has 104 valence electrons. The smallest absolute Gasteiger partial charge is 0.255 e. The number of hydrogen-bond donors (Lipinski definition) is 2. The number of anilines is 1. The minimum Gasteiger partial charge on any atom is -0.324 e. The van der Waals surface area contributed by atoms with Gasteiger partial charge in [0.1, 0.15) is 0 Å². The zero-order chi connectivity index (χ0) is 14.7. The second-order valence-corrected chi connectivity index (χ2v) is 4.69. The molecule has 0 aliphatic rings. The lowest BCUT2D eigenvalue weighted by Gasteiger charge is -2.13. The Kier molecular flexibility index (Phi) is 4.00. The Bertz CT molecular complexity index is 690. The molecule has 0 aliphatic heterocycles. The van der Waals surface area contributed by atoms with E-state index in [0.29, 0.717) is 11.3 Å². The summed E-state index contributed by atoms with van der Waals surface area (Å²) in [5.74, 6) is -0.323. The molecule has 5 heteroatoms. The standard InChI is InChI=1S/C15H17N3O2/c1-10(16)12-5-3-4-6-13(12)17-15(20)11-7-8-18(2)14(19)9-11/h3-10H,16H2,1-2H3,(H,17,20). The Morgan fingerprint density at radius 3 is 2.65 bits per heavy atom. The van der Waals surface area contributed by atoms with Crippen molar-refractivity contribution in [3.05, 3.63) is 64.1 Å². The number of aromatic nitrogens is 1. The molecular formula is C15H17N3O2. The number of benzene rings is 1. The van der Waals surface area contributed by atoms with Crippen molar-refractivity contribution in [2.75, 3.05) is 5.32 Å². The van der Waals surface area contributed by atoms with Crippen LogP contribution in [-0.4, -0.2) is 10.5 Å². The van der Waals surface area contributed by atoms with Gasteiger partial charge in [-0.1, -0.05) is 18.2 Å². The summed E-state index contributed by atoms with van der Waals surface area (Å²) in [6.07, 6.45) is 1.56. The number of nitrogens with zero attached hydrogens (tertiary/aromatic N) is 1. The fraction of sp³-hybridized carbons (Fsp3) is 0.200. The molecule has 20 heavy (non-hydrogen) atoms. The summed E-state index contributed by atoms with van der Waals surface area (Å²) >= 11 is 0. The largest absolute Gasteiger partial charge is 0.324 e. The Morgan fingerprint density at radius 2 is 2.00 bits per heavy atom. The number of carbonyl (C=O) groups excluding carboxylic acids is 1. The maximum Gasteiger partial charge on any atom is 0.255 e. The summed E-state index contributed by atoms with van der Waals surface area (Å²) in [5.41, 5.74) is 7.48. The van der Waals surface area contributed by atoms with Crippen LogP contribution in [0, 0.1) is 0 Å². The van der Waals surface area contributed by atoms with Crippen molar-refractivity contribution in [2.45, 2.75) is 13.0 Å². The average Bonchev–Trinajstić information content (AvgIpc) is 2.42. The van der Waals surface area contributed by atoms with Crippen molar-refractivity contribution in [3.8, 4) is 0 Å². The fourth-order valence-corrected chi connectivity index (χ4v) is 1.89. The van der Waals surface area contributed by atoms with Crippen molar-refractivity contribution in [1.29, 1.82) is 0 Å². The molecule has 3 N–H and O–H groups in total. The van der Waals surface area contributed by atoms with E-state index in [1.807, 2.05) is 25.1 Å². The maximum absolute atomic E-state index is 12.2. The monoisotopic (exact) mass is 271 g/mol. The Balaban J connectivity index is 2.28. The minimum absolute atomic E-state index is 0.185. The minimum atomic E-state index is -0.323. The molecule has 1 aromatic carbocycles. The molecule has 0 radical (unpaired) electrons. The lowest BCUT2D eigenvalue weighted by atomic mass is 10.1. The molecule has 0 aliphatic carbocycles. The molecule has 2 aromatic rings. The van der Waals surface area contributed by atoms with Crippen LogP contribution in [0.4, 0.5) is 5.69 Å². The number of carbonyl (C=O) groups is 1. The molecule has 1 heterocycles. The number of hydrogen-bond acceptors (Lipinski definition) is 3.